The SMILES string of the molecule is CC1(C)C2=CC3C4CC=CC=C4C(C)(C)C3C=C2c2cc(-c3ccc4oc5c(C6=NC(c7ccccc7)=NC(c7ccc(-c8ccccc8)cc7)C6)cccc5c4c3)ccc21. The van der Waals surface area contributed by atoms with Gasteiger partial charge in [-0.25, -0.2) is 4.99 Å². The standard InChI is InChI=1S/C58H48N2O/c1-57(2)48-21-12-11-18-41(48)45-32-51-46(33-50(45)57)44-30-39(26-28-49(44)58(51,3)4)40-27-29-54-47(31-40)42-19-13-20-43(55(42)61-54)53-34-52(59-56(60-53)38-16-9-6-10-17-38)37-24-22-36(23-25-37)35-14-7-5-8-15-35/h5-17,19-33,41,45,50,52H,18,34H2,1-4H3. The number of para-hydroxylation sites is 1. The molecule has 5 aliphatic rings. The van der Waals surface area contributed by atoms with Crippen LogP contribution >= 0.6 is 0 Å². The first-order valence-electron chi connectivity index (χ1n) is 22.0. The monoisotopic (exact) mass is 788 g/mol. The van der Waals surface area contributed by atoms with Crippen molar-refractivity contribution < 1.29 is 4.42 Å². The predicted molar refractivity (Wildman–Crippen MR) is 253 cm³/mol. The molecule has 0 bridgehead atoms. The van der Waals surface area contributed by atoms with E-state index in [-0.39, 0.29) is 16.9 Å². The molecule has 0 saturated heterocycles. The van der Waals surface area contributed by atoms with Crippen molar-refractivity contribution in [3.63, 3.8) is 0 Å². The number of allylic oxidation sites excluding steroid dienone is 8. The molecule has 1 fully saturated rings. The summed E-state index contributed by atoms with van der Waals surface area (Å²) in [4.78, 5) is 10.5. The Hall–Kier alpha value is -6.58. The highest BCUT2D eigenvalue weighted by atomic mass is 16.3. The van der Waals surface area contributed by atoms with Crippen molar-refractivity contribution in [1.82, 2.24) is 0 Å². The van der Waals surface area contributed by atoms with Gasteiger partial charge in [0.2, 0.25) is 0 Å². The van der Waals surface area contributed by atoms with E-state index < -0.39 is 0 Å². The maximum absolute atomic E-state index is 6.80. The molecule has 12 rings (SSSR count). The molecule has 0 spiro atoms. The summed E-state index contributed by atoms with van der Waals surface area (Å²) >= 11 is 0. The summed E-state index contributed by atoms with van der Waals surface area (Å²) in [6.45, 7) is 9.79. The summed E-state index contributed by atoms with van der Waals surface area (Å²) in [7, 11) is 0. The lowest BCUT2D eigenvalue weighted by molar-refractivity contribution is 0.320. The third-order valence-electron chi connectivity index (χ3n) is 14.8. The van der Waals surface area contributed by atoms with Gasteiger partial charge in [0, 0.05) is 33.7 Å². The number of benzene rings is 6. The smallest absolute Gasteiger partial charge is 0.155 e. The van der Waals surface area contributed by atoms with Gasteiger partial charge in [0.05, 0.1) is 11.8 Å². The van der Waals surface area contributed by atoms with Crippen LogP contribution in [0, 0.1) is 23.2 Å². The zero-order chi connectivity index (χ0) is 41.0. The van der Waals surface area contributed by atoms with Crippen LogP contribution in [0.2, 0.25) is 0 Å². The van der Waals surface area contributed by atoms with Crippen LogP contribution in [-0.4, -0.2) is 11.5 Å². The Morgan fingerprint density at radius 1 is 0.639 bits per heavy atom. The van der Waals surface area contributed by atoms with E-state index in [1.165, 1.54) is 50.1 Å². The fourth-order valence-electron chi connectivity index (χ4n) is 11.5. The van der Waals surface area contributed by atoms with Crippen LogP contribution in [0.1, 0.15) is 74.4 Å². The number of nitrogens with zero attached hydrogens (tertiary/aromatic N) is 2. The fraction of sp³-hybridized carbons (Fsp3) is 0.207. The van der Waals surface area contributed by atoms with Crippen LogP contribution in [0.4, 0.5) is 0 Å². The van der Waals surface area contributed by atoms with Crippen LogP contribution in [0.3, 0.4) is 0 Å². The highest BCUT2D eigenvalue weighted by Gasteiger charge is 2.53. The first-order valence-corrected chi connectivity index (χ1v) is 22.0. The van der Waals surface area contributed by atoms with E-state index in [4.69, 9.17) is 14.4 Å². The van der Waals surface area contributed by atoms with Crippen LogP contribution in [0.5, 0.6) is 0 Å². The van der Waals surface area contributed by atoms with E-state index >= 15 is 0 Å². The van der Waals surface area contributed by atoms with Gasteiger partial charge in [-0.05, 0) is 104 Å². The largest absolute Gasteiger partial charge is 0.455 e. The quantitative estimate of drug-likeness (QED) is 0.171. The van der Waals surface area contributed by atoms with Crippen molar-refractivity contribution in [3.05, 3.63) is 209 Å². The van der Waals surface area contributed by atoms with Crippen LogP contribution in [-0.2, 0) is 5.41 Å². The van der Waals surface area contributed by atoms with E-state index in [9.17, 15) is 0 Å². The maximum atomic E-state index is 6.80. The Morgan fingerprint density at radius 2 is 1.36 bits per heavy atom. The summed E-state index contributed by atoms with van der Waals surface area (Å²) in [5.41, 5.74) is 18.3. The third kappa shape index (κ3) is 5.63. The van der Waals surface area contributed by atoms with Crippen molar-refractivity contribution >= 4 is 39.1 Å². The molecule has 2 heterocycles. The van der Waals surface area contributed by atoms with Crippen LogP contribution < -0.4 is 0 Å². The first kappa shape index (κ1) is 36.3. The minimum Gasteiger partial charge on any atom is -0.455 e. The Labute approximate surface area is 358 Å². The van der Waals surface area contributed by atoms with E-state index in [0.717, 1.165) is 51.0 Å². The first-order chi connectivity index (χ1) is 29.7. The zero-order valence-corrected chi connectivity index (χ0v) is 35.2. The molecule has 3 nitrogen and oxygen atoms in total. The van der Waals surface area contributed by atoms with E-state index in [2.05, 4.69) is 192 Å². The molecular formula is C58H48N2O. The fourth-order valence-corrected chi connectivity index (χ4v) is 11.5. The van der Waals surface area contributed by atoms with Crippen molar-refractivity contribution in [2.24, 2.45) is 33.2 Å². The summed E-state index contributed by atoms with van der Waals surface area (Å²) in [5.74, 6) is 2.40. The Balaban J connectivity index is 0.913. The van der Waals surface area contributed by atoms with Gasteiger partial charge < -0.3 is 4.42 Å². The zero-order valence-electron chi connectivity index (χ0n) is 35.2. The summed E-state index contributed by atoms with van der Waals surface area (Å²) < 4.78 is 6.80. The second kappa shape index (κ2) is 13.5. The van der Waals surface area contributed by atoms with Gasteiger partial charge in [0.1, 0.15) is 11.2 Å². The van der Waals surface area contributed by atoms with E-state index in [1.54, 1.807) is 5.57 Å². The number of furan rings is 1. The number of hydrogen-bond donors (Lipinski definition) is 0. The number of amidine groups is 1. The molecular weight excluding hydrogens is 741 g/mol. The molecule has 61 heavy (non-hydrogen) atoms. The van der Waals surface area contributed by atoms with Gasteiger partial charge in [-0.3, -0.25) is 4.99 Å². The van der Waals surface area contributed by atoms with Crippen LogP contribution in [0.15, 0.2) is 195 Å². The molecule has 4 aliphatic carbocycles. The lowest BCUT2D eigenvalue weighted by Crippen LogP contribution is -2.25. The molecule has 4 atom stereocenters. The molecule has 0 amide bonds. The van der Waals surface area contributed by atoms with Crippen molar-refractivity contribution in [2.75, 3.05) is 0 Å². The molecule has 1 aromatic heterocycles. The topological polar surface area (TPSA) is 37.9 Å². The van der Waals surface area contributed by atoms with Gasteiger partial charge in [-0.2, -0.15) is 0 Å². The Morgan fingerprint density at radius 3 is 2.16 bits per heavy atom. The molecule has 6 aromatic carbocycles. The highest BCUT2D eigenvalue weighted by Crippen LogP contribution is 2.63. The van der Waals surface area contributed by atoms with Crippen molar-refractivity contribution in [2.45, 2.75) is 52.0 Å². The van der Waals surface area contributed by atoms with Gasteiger partial charge in [0.15, 0.2) is 5.84 Å². The lowest BCUT2D eigenvalue weighted by atomic mass is 9.70. The molecule has 1 aliphatic heterocycles. The lowest BCUT2D eigenvalue weighted by Gasteiger charge is -2.33. The average molecular weight is 789 g/mol. The average Bonchev–Trinajstić information content (AvgIpc) is 3.87. The van der Waals surface area contributed by atoms with Crippen LogP contribution in [0.25, 0.3) is 49.8 Å². The number of aliphatic imine (C=N–C) groups is 2. The second-order valence-corrected chi connectivity index (χ2v) is 18.8. The highest BCUT2D eigenvalue weighted by molar-refractivity contribution is 6.20. The third-order valence-corrected chi connectivity index (χ3v) is 14.8. The van der Waals surface area contributed by atoms with Gasteiger partial charge in [-0.15, -0.1) is 0 Å². The minimum atomic E-state index is -0.0814. The van der Waals surface area contributed by atoms with E-state index in [1.807, 2.05) is 6.07 Å². The second-order valence-electron chi connectivity index (χ2n) is 18.8. The summed E-state index contributed by atoms with van der Waals surface area (Å²) in [6.07, 6.45) is 14.2. The normalized spacial score (nSPS) is 23.0. The molecule has 296 valence electrons. The molecule has 0 radical (unpaired) electrons. The number of rotatable bonds is 5. The molecule has 3 heteroatoms. The summed E-state index contributed by atoms with van der Waals surface area (Å²) in [6, 6.07) is 50.1. The maximum Gasteiger partial charge on any atom is 0.155 e. The van der Waals surface area contributed by atoms with Gasteiger partial charge in [0.25, 0.3) is 0 Å². The Kier molecular flexibility index (Phi) is 8.01. The van der Waals surface area contributed by atoms with Gasteiger partial charge >= 0.3 is 0 Å². The summed E-state index contributed by atoms with van der Waals surface area (Å²) in [5, 5.41) is 2.22. The Bertz CT molecular complexity index is 3130. The predicted octanol–water partition coefficient (Wildman–Crippen LogP) is 14.7. The molecule has 7 aromatic rings. The van der Waals surface area contributed by atoms with E-state index in [0.29, 0.717) is 24.2 Å². The number of fused-ring (bicyclic) bond motifs is 9. The van der Waals surface area contributed by atoms with Crippen molar-refractivity contribution in [1.29, 1.82) is 0 Å². The minimum absolute atomic E-state index is 0.0373. The van der Waals surface area contributed by atoms with Gasteiger partial charge in [-0.1, -0.05) is 179 Å². The molecule has 4 unspecified atom stereocenters. The molecule has 0 N–H and O–H groups in total. The number of hydrogen-bond acceptors (Lipinski definition) is 3. The molecule has 1 saturated carbocycles. The van der Waals surface area contributed by atoms with Crippen molar-refractivity contribution in [3.8, 4) is 22.3 Å².